The smallest absolute Gasteiger partial charge is 0.186 e. The first-order valence-corrected chi connectivity index (χ1v) is 9.25. The fourth-order valence-corrected chi connectivity index (χ4v) is 3.48. The molecule has 0 aliphatic heterocycles. The molecule has 0 atom stereocenters. The maximum atomic E-state index is 6.01. The van der Waals surface area contributed by atoms with Crippen LogP contribution in [0.3, 0.4) is 0 Å². The molecule has 0 bridgehead atoms. The summed E-state index contributed by atoms with van der Waals surface area (Å²) in [5, 5.41) is 0. The van der Waals surface area contributed by atoms with E-state index in [1.54, 1.807) is 14.2 Å². The minimum atomic E-state index is -1.46. The lowest BCUT2D eigenvalue weighted by molar-refractivity contribution is -0.200. The van der Waals surface area contributed by atoms with Crippen LogP contribution in [0.1, 0.15) is 33.1 Å². The molecule has 0 radical (unpaired) electrons. The van der Waals surface area contributed by atoms with Crippen molar-refractivity contribution in [3.8, 4) is 0 Å². The first-order valence-electron chi connectivity index (χ1n) is 6.13. The summed E-state index contributed by atoms with van der Waals surface area (Å²) in [4.78, 5) is 0. The second kappa shape index (κ2) is 7.43. The van der Waals surface area contributed by atoms with E-state index in [0.717, 1.165) is 13.0 Å². The summed E-state index contributed by atoms with van der Waals surface area (Å²) in [6, 6.07) is 1.24. The van der Waals surface area contributed by atoms with E-state index in [4.69, 9.17) is 13.9 Å². The molecule has 0 aliphatic carbocycles. The second-order valence-corrected chi connectivity index (χ2v) is 9.31. The fraction of sp³-hybridized carbons (Fsp3) is 1.00. The molecule has 0 aromatic rings. The van der Waals surface area contributed by atoms with Crippen LogP contribution in [0.25, 0.3) is 0 Å². The van der Waals surface area contributed by atoms with E-state index in [9.17, 15) is 0 Å². The van der Waals surface area contributed by atoms with E-state index >= 15 is 0 Å². The lowest BCUT2D eigenvalue weighted by Gasteiger charge is -2.29. The summed E-state index contributed by atoms with van der Waals surface area (Å²) < 4.78 is 16.6. The Balaban J connectivity index is 3.87. The summed E-state index contributed by atoms with van der Waals surface area (Å²) in [6.07, 6.45) is 3.29. The molecule has 0 rings (SSSR count). The Hall–Kier alpha value is 0.0969. The number of ether oxygens (including phenoxy) is 2. The van der Waals surface area contributed by atoms with E-state index in [1.807, 2.05) is 6.92 Å². The molecule has 0 spiro atoms. The van der Waals surface area contributed by atoms with Gasteiger partial charge in [-0.1, -0.05) is 19.8 Å². The van der Waals surface area contributed by atoms with E-state index < -0.39 is 14.1 Å². The normalized spacial score (nSPS) is 13.1. The summed E-state index contributed by atoms with van der Waals surface area (Å²) in [5.74, 6) is -0.505. The molecule has 0 saturated heterocycles. The molecular weight excluding hydrogens is 220 g/mol. The van der Waals surface area contributed by atoms with Gasteiger partial charge in [-0.3, -0.25) is 0 Å². The Morgan fingerprint density at radius 3 is 2.12 bits per heavy atom. The van der Waals surface area contributed by atoms with Crippen molar-refractivity contribution in [2.45, 2.75) is 58.0 Å². The number of methoxy groups -OCH3 is 2. The molecule has 0 saturated carbocycles. The average molecular weight is 248 g/mol. The van der Waals surface area contributed by atoms with Crippen LogP contribution in [0.4, 0.5) is 0 Å². The van der Waals surface area contributed by atoms with Gasteiger partial charge in [0.25, 0.3) is 0 Å². The van der Waals surface area contributed by atoms with Crippen LogP contribution < -0.4 is 0 Å². The van der Waals surface area contributed by atoms with Gasteiger partial charge < -0.3 is 13.9 Å². The lowest BCUT2D eigenvalue weighted by Crippen LogP contribution is -2.35. The molecule has 0 aromatic carbocycles. The van der Waals surface area contributed by atoms with Crippen LogP contribution in [0.5, 0.6) is 0 Å². The van der Waals surface area contributed by atoms with Crippen LogP contribution in [0.2, 0.25) is 19.1 Å². The molecule has 0 unspecified atom stereocenters. The zero-order chi connectivity index (χ0) is 12.7. The predicted molar refractivity (Wildman–Crippen MR) is 70.2 cm³/mol. The van der Waals surface area contributed by atoms with Gasteiger partial charge in [0.15, 0.2) is 14.1 Å². The first kappa shape index (κ1) is 16.1. The Morgan fingerprint density at radius 2 is 1.69 bits per heavy atom. The van der Waals surface area contributed by atoms with Gasteiger partial charge in [0.1, 0.15) is 0 Å². The van der Waals surface area contributed by atoms with Crippen molar-refractivity contribution in [3.63, 3.8) is 0 Å². The fourth-order valence-electron chi connectivity index (χ4n) is 1.47. The molecule has 4 heteroatoms. The van der Waals surface area contributed by atoms with Crippen molar-refractivity contribution >= 4 is 8.32 Å². The van der Waals surface area contributed by atoms with Crippen molar-refractivity contribution < 1.29 is 13.9 Å². The number of rotatable bonds is 9. The summed E-state index contributed by atoms with van der Waals surface area (Å²) in [6.45, 7) is 9.44. The standard InChI is InChI=1S/C12H28O3Si/c1-7-8-11-16(5,6)15-10-9-12(2,13-3)14-4/h7-11H2,1-6H3. The number of unbranched alkanes of at least 4 members (excludes halogenated alkanes) is 1. The van der Waals surface area contributed by atoms with E-state index in [0.29, 0.717) is 0 Å². The first-order chi connectivity index (χ1) is 7.39. The molecule has 0 amide bonds. The van der Waals surface area contributed by atoms with Gasteiger partial charge in [-0.25, -0.2) is 0 Å². The van der Waals surface area contributed by atoms with Gasteiger partial charge >= 0.3 is 0 Å². The summed E-state index contributed by atoms with van der Waals surface area (Å²) >= 11 is 0. The van der Waals surface area contributed by atoms with Gasteiger partial charge in [-0.05, 0) is 26.1 Å². The topological polar surface area (TPSA) is 27.7 Å². The quantitative estimate of drug-likeness (QED) is 0.462. The highest BCUT2D eigenvalue weighted by Gasteiger charge is 2.26. The Bertz CT molecular complexity index is 179. The molecule has 0 N–H and O–H groups in total. The highest BCUT2D eigenvalue weighted by Crippen LogP contribution is 2.19. The van der Waals surface area contributed by atoms with Crippen LogP contribution in [0.15, 0.2) is 0 Å². The SMILES string of the molecule is CCCC[Si](C)(C)OCCC(C)(OC)OC. The Morgan fingerprint density at radius 1 is 1.12 bits per heavy atom. The lowest BCUT2D eigenvalue weighted by atomic mass is 10.2. The number of hydrogen-bond donors (Lipinski definition) is 0. The van der Waals surface area contributed by atoms with Crippen molar-refractivity contribution in [2.24, 2.45) is 0 Å². The molecule has 16 heavy (non-hydrogen) atoms. The predicted octanol–water partition coefficient (Wildman–Crippen LogP) is 3.41. The third-order valence-electron chi connectivity index (χ3n) is 3.04. The maximum absolute atomic E-state index is 6.01. The molecule has 98 valence electrons. The number of hydrogen-bond acceptors (Lipinski definition) is 3. The molecule has 0 aliphatic rings. The molecule has 3 nitrogen and oxygen atoms in total. The highest BCUT2D eigenvalue weighted by molar-refractivity contribution is 6.71. The second-order valence-electron chi connectivity index (χ2n) is 5.00. The summed E-state index contributed by atoms with van der Waals surface area (Å²) in [5.41, 5.74) is 0. The monoisotopic (exact) mass is 248 g/mol. The third kappa shape index (κ3) is 6.63. The highest BCUT2D eigenvalue weighted by atomic mass is 28.4. The largest absolute Gasteiger partial charge is 0.417 e. The van der Waals surface area contributed by atoms with Crippen LogP contribution in [-0.4, -0.2) is 34.9 Å². The maximum Gasteiger partial charge on any atom is 0.186 e. The summed E-state index contributed by atoms with van der Waals surface area (Å²) in [7, 11) is 1.88. The van der Waals surface area contributed by atoms with Gasteiger partial charge in [-0.2, -0.15) is 0 Å². The van der Waals surface area contributed by atoms with E-state index in [-0.39, 0.29) is 0 Å². The van der Waals surface area contributed by atoms with Crippen LogP contribution in [0, 0.1) is 0 Å². The van der Waals surface area contributed by atoms with Crippen molar-refractivity contribution in [1.82, 2.24) is 0 Å². The minimum Gasteiger partial charge on any atom is -0.417 e. The van der Waals surface area contributed by atoms with Crippen molar-refractivity contribution in [2.75, 3.05) is 20.8 Å². The van der Waals surface area contributed by atoms with E-state index in [1.165, 1.54) is 18.9 Å². The average Bonchev–Trinajstić information content (AvgIpc) is 2.26. The van der Waals surface area contributed by atoms with Gasteiger partial charge in [0.05, 0.1) is 0 Å². The minimum absolute atomic E-state index is 0.505. The molecule has 0 aromatic heterocycles. The zero-order valence-electron chi connectivity index (χ0n) is 11.8. The van der Waals surface area contributed by atoms with Gasteiger partial charge in [-0.15, -0.1) is 0 Å². The van der Waals surface area contributed by atoms with Crippen molar-refractivity contribution in [1.29, 1.82) is 0 Å². The van der Waals surface area contributed by atoms with Gasteiger partial charge in [0.2, 0.25) is 0 Å². The van der Waals surface area contributed by atoms with Gasteiger partial charge in [0, 0.05) is 27.2 Å². The third-order valence-corrected chi connectivity index (χ3v) is 5.59. The molecular formula is C12H28O3Si. The molecule has 0 heterocycles. The Labute approximate surface area is 102 Å². The molecule has 0 fully saturated rings. The zero-order valence-corrected chi connectivity index (χ0v) is 12.8. The Kier molecular flexibility index (Phi) is 7.47. The van der Waals surface area contributed by atoms with Crippen molar-refractivity contribution in [3.05, 3.63) is 0 Å². The van der Waals surface area contributed by atoms with E-state index in [2.05, 4.69) is 20.0 Å². The van der Waals surface area contributed by atoms with Crippen LogP contribution in [-0.2, 0) is 13.9 Å². The van der Waals surface area contributed by atoms with Crippen LogP contribution >= 0.6 is 0 Å².